The van der Waals surface area contributed by atoms with Crippen molar-refractivity contribution >= 4 is 35.0 Å². The van der Waals surface area contributed by atoms with Crippen molar-refractivity contribution in [2.45, 2.75) is 22.8 Å². The smallest absolute Gasteiger partial charge is 0.240 e. The van der Waals surface area contributed by atoms with Crippen LogP contribution in [0.4, 0.5) is 5.69 Å². The molecule has 0 saturated carbocycles. The summed E-state index contributed by atoms with van der Waals surface area (Å²) in [5.41, 5.74) is 6.24. The maximum Gasteiger partial charge on any atom is 0.240 e. The molecule has 1 amide bonds. The number of nitrogens with one attached hydrogen (secondary N) is 1. The van der Waals surface area contributed by atoms with Crippen LogP contribution in [0.2, 0.25) is 5.02 Å². The highest BCUT2D eigenvalue weighted by Gasteiger charge is 2.07. The number of hydrogen-bond acceptors (Lipinski definition) is 3. The van der Waals surface area contributed by atoms with E-state index in [1.165, 1.54) is 0 Å². The summed E-state index contributed by atoms with van der Waals surface area (Å²) < 4.78 is 0. The van der Waals surface area contributed by atoms with Gasteiger partial charge in [0, 0.05) is 20.5 Å². The van der Waals surface area contributed by atoms with Crippen LogP contribution in [-0.2, 0) is 4.79 Å². The van der Waals surface area contributed by atoms with E-state index in [1.807, 2.05) is 48.5 Å². The minimum absolute atomic E-state index is 0.194. The summed E-state index contributed by atoms with van der Waals surface area (Å²) >= 11 is 7.56. The van der Waals surface area contributed by atoms with Crippen LogP contribution in [0.5, 0.6) is 0 Å². The molecular formula is C15H15ClN2OS. The molecule has 2 rings (SSSR count). The molecule has 0 aliphatic rings. The zero-order valence-corrected chi connectivity index (χ0v) is 12.5. The highest BCUT2D eigenvalue weighted by Crippen LogP contribution is 2.30. The Balaban J connectivity index is 2.03. The van der Waals surface area contributed by atoms with E-state index in [0.29, 0.717) is 0 Å². The summed E-state index contributed by atoms with van der Waals surface area (Å²) in [6, 6.07) is 14.8. The molecule has 0 aromatic heterocycles. The molecule has 1 atom stereocenters. The maximum absolute atomic E-state index is 11.5. The molecule has 0 spiro atoms. The second-order valence-electron chi connectivity index (χ2n) is 4.36. The number of carbonyl (C=O) groups excluding carboxylic acids is 1. The standard InChI is InChI=1S/C15H15ClN2OS/c1-10(17)15(19)18-12-5-7-13(8-6-12)20-14-4-2-3-11(16)9-14/h2-10H,17H2,1H3,(H,18,19). The summed E-state index contributed by atoms with van der Waals surface area (Å²) in [6.07, 6.45) is 0. The molecule has 0 aliphatic carbocycles. The van der Waals surface area contributed by atoms with Gasteiger partial charge in [-0.3, -0.25) is 4.79 Å². The summed E-state index contributed by atoms with van der Waals surface area (Å²) in [6.45, 7) is 1.65. The Morgan fingerprint density at radius 1 is 1.20 bits per heavy atom. The normalized spacial score (nSPS) is 11.9. The summed E-state index contributed by atoms with van der Waals surface area (Å²) in [5.74, 6) is -0.194. The van der Waals surface area contributed by atoms with Crippen molar-refractivity contribution in [3.63, 3.8) is 0 Å². The fourth-order valence-corrected chi connectivity index (χ4v) is 2.66. The van der Waals surface area contributed by atoms with Gasteiger partial charge < -0.3 is 11.1 Å². The predicted octanol–water partition coefficient (Wildman–Crippen LogP) is 3.78. The first-order chi connectivity index (χ1) is 9.54. The van der Waals surface area contributed by atoms with Gasteiger partial charge in [-0.1, -0.05) is 29.4 Å². The predicted molar refractivity (Wildman–Crippen MR) is 84.3 cm³/mol. The first kappa shape index (κ1) is 14.9. The zero-order chi connectivity index (χ0) is 14.5. The first-order valence-electron chi connectivity index (χ1n) is 6.14. The Bertz CT molecular complexity index is 599. The Kier molecular flexibility index (Phi) is 5.06. The molecule has 20 heavy (non-hydrogen) atoms. The van der Waals surface area contributed by atoms with E-state index >= 15 is 0 Å². The molecule has 0 radical (unpaired) electrons. The lowest BCUT2D eigenvalue weighted by atomic mass is 10.3. The molecule has 104 valence electrons. The Hall–Kier alpha value is -1.49. The average Bonchev–Trinajstić information content (AvgIpc) is 2.41. The third-order valence-corrected chi connectivity index (χ3v) is 3.80. The van der Waals surface area contributed by atoms with Crippen molar-refractivity contribution in [2.24, 2.45) is 5.73 Å². The molecule has 2 aromatic carbocycles. The topological polar surface area (TPSA) is 55.1 Å². The minimum Gasteiger partial charge on any atom is -0.325 e. The lowest BCUT2D eigenvalue weighted by molar-refractivity contribution is -0.117. The highest BCUT2D eigenvalue weighted by atomic mass is 35.5. The number of hydrogen-bond donors (Lipinski definition) is 2. The van der Waals surface area contributed by atoms with Gasteiger partial charge in [0.15, 0.2) is 0 Å². The number of nitrogens with two attached hydrogens (primary N) is 1. The highest BCUT2D eigenvalue weighted by molar-refractivity contribution is 7.99. The van der Waals surface area contributed by atoms with Crippen LogP contribution in [-0.4, -0.2) is 11.9 Å². The zero-order valence-electron chi connectivity index (χ0n) is 11.0. The van der Waals surface area contributed by atoms with Crippen molar-refractivity contribution in [3.05, 3.63) is 53.6 Å². The summed E-state index contributed by atoms with van der Waals surface area (Å²) in [4.78, 5) is 13.6. The van der Waals surface area contributed by atoms with E-state index in [9.17, 15) is 4.79 Å². The number of halogens is 1. The molecule has 0 saturated heterocycles. The molecule has 0 heterocycles. The number of amides is 1. The Labute approximate surface area is 127 Å². The Morgan fingerprint density at radius 3 is 2.50 bits per heavy atom. The SMILES string of the molecule is CC(N)C(=O)Nc1ccc(Sc2cccc(Cl)c2)cc1. The van der Waals surface area contributed by atoms with Crippen LogP contribution in [0.15, 0.2) is 58.3 Å². The third kappa shape index (κ3) is 4.27. The van der Waals surface area contributed by atoms with Crippen LogP contribution in [0.25, 0.3) is 0 Å². The van der Waals surface area contributed by atoms with Gasteiger partial charge in [-0.05, 0) is 49.4 Å². The monoisotopic (exact) mass is 306 g/mol. The molecule has 3 nitrogen and oxygen atoms in total. The summed E-state index contributed by atoms with van der Waals surface area (Å²) in [7, 11) is 0. The maximum atomic E-state index is 11.5. The van der Waals surface area contributed by atoms with E-state index in [4.69, 9.17) is 17.3 Å². The largest absolute Gasteiger partial charge is 0.325 e. The van der Waals surface area contributed by atoms with Gasteiger partial charge in [0.05, 0.1) is 6.04 Å². The molecule has 0 aliphatic heterocycles. The Morgan fingerprint density at radius 2 is 1.90 bits per heavy atom. The fourth-order valence-electron chi connectivity index (χ4n) is 1.53. The molecule has 1 unspecified atom stereocenters. The van der Waals surface area contributed by atoms with Crippen LogP contribution in [0.3, 0.4) is 0 Å². The second kappa shape index (κ2) is 6.79. The van der Waals surface area contributed by atoms with Crippen LogP contribution >= 0.6 is 23.4 Å². The summed E-state index contributed by atoms with van der Waals surface area (Å²) in [5, 5.41) is 3.47. The molecule has 2 aromatic rings. The number of rotatable bonds is 4. The van der Waals surface area contributed by atoms with Gasteiger partial charge >= 0.3 is 0 Å². The molecule has 3 N–H and O–H groups in total. The van der Waals surface area contributed by atoms with Crippen molar-refractivity contribution in [1.29, 1.82) is 0 Å². The van der Waals surface area contributed by atoms with Gasteiger partial charge in [0.2, 0.25) is 5.91 Å². The lowest BCUT2D eigenvalue weighted by Gasteiger charge is -2.08. The van der Waals surface area contributed by atoms with E-state index in [2.05, 4.69) is 5.32 Å². The molecular weight excluding hydrogens is 292 g/mol. The van der Waals surface area contributed by atoms with Gasteiger partial charge in [-0.15, -0.1) is 0 Å². The van der Waals surface area contributed by atoms with E-state index in [1.54, 1.807) is 18.7 Å². The molecule has 5 heteroatoms. The van der Waals surface area contributed by atoms with Crippen molar-refractivity contribution in [3.8, 4) is 0 Å². The van der Waals surface area contributed by atoms with E-state index in [0.717, 1.165) is 20.5 Å². The fraction of sp³-hybridized carbons (Fsp3) is 0.133. The van der Waals surface area contributed by atoms with Gasteiger partial charge in [-0.25, -0.2) is 0 Å². The van der Waals surface area contributed by atoms with Gasteiger partial charge in [0.25, 0.3) is 0 Å². The lowest BCUT2D eigenvalue weighted by Crippen LogP contribution is -2.32. The van der Waals surface area contributed by atoms with Crippen molar-refractivity contribution in [1.82, 2.24) is 0 Å². The van der Waals surface area contributed by atoms with Crippen LogP contribution in [0.1, 0.15) is 6.92 Å². The van der Waals surface area contributed by atoms with Gasteiger partial charge in [0.1, 0.15) is 0 Å². The van der Waals surface area contributed by atoms with Gasteiger partial charge in [-0.2, -0.15) is 0 Å². The van der Waals surface area contributed by atoms with Crippen molar-refractivity contribution < 1.29 is 4.79 Å². The molecule has 0 bridgehead atoms. The van der Waals surface area contributed by atoms with E-state index in [-0.39, 0.29) is 5.91 Å². The van der Waals surface area contributed by atoms with Crippen LogP contribution in [0, 0.1) is 0 Å². The number of anilines is 1. The van der Waals surface area contributed by atoms with Crippen molar-refractivity contribution in [2.75, 3.05) is 5.32 Å². The number of carbonyl (C=O) groups is 1. The van der Waals surface area contributed by atoms with E-state index < -0.39 is 6.04 Å². The second-order valence-corrected chi connectivity index (χ2v) is 5.95. The number of benzene rings is 2. The quantitative estimate of drug-likeness (QED) is 0.904. The third-order valence-electron chi connectivity index (χ3n) is 2.57. The molecule has 0 fully saturated rings. The van der Waals surface area contributed by atoms with Crippen LogP contribution < -0.4 is 11.1 Å². The minimum atomic E-state index is -0.518. The average molecular weight is 307 g/mol. The first-order valence-corrected chi connectivity index (χ1v) is 7.34.